The van der Waals surface area contributed by atoms with E-state index in [1.54, 1.807) is 12.1 Å². The van der Waals surface area contributed by atoms with Gasteiger partial charge in [0.1, 0.15) is 4.60 Å². The van der Waals surface area contributed by atoms with E-state index in [1.807, 2.05) is 0 Å². The zero-order chi connectivity index (χ0) is 11.6. The van der Waals surface area contributed by atoms with Crippen molar-refractivity contribution in [3.8, 4) is 0 Å². The monoisotopic (exact) mass is 304 g/mol. The summed E-state index contributed by atoms with van der Waals surface area (Å²) < 4.78 is 24.6. The summed E-state index contributed by atoms with van der Waals surface area (Å²) in [5.41, 5.74) is 0. The van der Waals surface area contributed by atoms with Crippen molar-refractivity contribution in [1.29, 1.82) is 0 Å². The van der Waals surface area contributed by atoms with E-state index in [-0.39, 0.29) is 16.8 Å². The maximum absolute atomic E-state index is 12.0. The van der Waals surface area contributed by atoms with E-state index in [2.05, 4.69) is 26.2 Å². The third kappa shape index (κ3) is 2.81. The Morgan fingerprint density at radius 3 is 2.94 bits per heavy atom. The lowest BCUT2D eigenvalue weighted by molar-refractivity contribution is 0.573. The summed E-state index contributed by atoms with van der Waals surface area (Å²) in [5.74, 6) is 0.135. The smallest absolute Gasteiger partial charge is 0.197 e. The van der Waals surface area contributed by atoms with E-state index in [1.165, 1.54) is 6.07 Å². The van der Waals surface area contributed by atoms with Crippen LogP contribution in [0.3, 0.4) is 0 Å². The Morgan fingerprint density at radius 1 is 1.50 bits per heavy atom. The lowest BCUT2D eigenvalue weighted by Crippen LogP contribution is -2.30. The van der Waals surface area contributed by atoms with Gasteiger partial charge in [-0.2, -0.15) is 0 Å². The van der Waals surface area contributed by atoms with E-state index in [0.29, 0.717) is 4.60 Å². The first-order valence-corrected chi connectivity index (χ1v) is 7.61. The quantitative estimate of drug-likeness (QED) is 0.857. The molecule has 0 saturated carbocycles. The van der Waals surface area contributed by atoms with E-state index in [9.17, 15) is 8.42 Å². The van der Waals surface area contributed by atoms with Crippen molar-refractivity contribution in [3.05, 3.63) is 22.8 Å². The fraction of sp³-hybridized carbons (Fsp3) is 0.500. The van der Waals surface area contributed by atoms with Crippen LogP contribution in [0.15, 0.2) is 27.8 Å². The number of aromatic nitrogens is 1. The van der Waals surface area contributed by atoms with Crippen molar-refractivity contribution in [3.63, 3.8) is 0 Å². The van der Waals surface area contributed by atoms with Gasteiger partial charge in [0.05, 0.1) is 5.75 Å². The van der Waals surface area contributed by atoms with E-state index >= 15 is 0 Å². The highest BCUT2D eigenvalue weighted by atomic mass is 79.9. The molecule has 1 saturated heterocycles. The molecule has 2 rings (SSSR count). The van der Waals surface area contributed by atoms with Crippen LogP contribution in [0.1, 0.15) is 12.8 Å². The molecule has 0 aromatic carbocycles. The molecule has 0 amide bonds. The zero-order valence-corrected chi connectivity index (χ0v) is 11.1. The molecule has 0 spiro atoms. The van der Waals surface area contributed by atoms with Gasteiger partial charge in [0.15, 0.2) is 14.9 Å². The lowest BCUT2D eigenvalue weighted by atomic mass is 10.3. The molecule has 88 valence electrons. The summed E-state index contributed by atoms with van der Waals surface area (Å²) in [5, 5.41) is 3.33. The molecule has 0 unspecified atom stereocenters. The van der Waals surface area contributed by atoms with Crippen LogP contribution < -0.4 is 5.32 Å². The van der Waals surface area contributed by atoms with Crippen molar-refractivity contribution in [2.75, 3.05) is 12.3 Å². The molecule has 1 N–H and O–H groups in total. The van der Waals surface area contributed by atoms with E-state index in [4.69, 9.17) is 0 Å². The molecule has 1 aliphatic heterocycles. The van der Waals surface area contributed by atoms with Crippen molar-refractivity contribution in [2.24, 2.45) is 0 Å². The highest BCUT2D eigenvalue weighted by Crippen LogP contribution is 2.16. The van der Waals surface area contributed by atoms with Gasteiger partial charge in [-0.1, -0.05) is 6.07 Å². The Kier molecular flexibility index (Phi) is 3.61. The van der Waals surface area contributed by atoms with Crippen LogP contribution in [0.25, 0.3) is 0 Å². The van der Waals surface area contributed by atoms with Gasteiger partial charge in [0.2, 0.25) is 0 Å². The Labute approximate surface area is 104 Å². The second-order valence-corrected chi connectivity index (χ2v) is 6.67. The molecule has 16 heavy (non-hydrogen) atoms. The lowest BCUT2D eigenvalue weighted by Gasteiger charge is -2.10. The fourth-order valence-electron chi connectivity index (χ4n) is 1.81. The Morgan fingerprint density at radius 2 is 2.31 bits per heavy atom. The van der Waals surface area contributed by atoms with Gasteiger partial charge in [-0.3, -0.25) is 0 Å². The highest BCUT2D eigenvalue weighted by molar-refractivity contribution is 9.10. The van der Waals surface area contributed by atoms with Gasteiger partial charge < -0.3 is 5.32 Å². The van der Waals surface area contributed by atoms with Crippen LogP contribution in [0.4, 0.5) is 0 Å². The van der Waals surface area contributed by atoms with Gasteiger partial charge in [0, 0.05) is 6.04 Å². The molecule has 1 aromatic rings. The molecule has 1 fully saturated rings. The van der Waals surface area contributed by atoms with Crippen LogP contribution in [0, 0.1) is 0 Å². The molecule has 1 aliphatic rings. The minimum absolute atomic E-state index is 0.0748. The van der Waals surface area contributed by atoms with Crippen molar-refractivity contribution in [2.45, 2.75) is 23.9 Å². The minimum atomic E-state index is -3.27. The second-order valence-electron chi connectivity index (χ2n) is 3.87. The van der Waals surface area contributed by atoms with Crippen molar-refractivity contribution < 1.29 is 8.42 Å². The van der Waals surface area contributed by atoms with E-state index < -0.39 is 9.84 Å². The van der Waals surface area contributed by atoms with Crippen LogP contribution >= 0.6 is 15.9 Å². The number of sulfone groups is 1. The van der Waals surface area contributed by atoms with Gasteiger partial charge in [-0.25, -0.2) is 13.4 Å². The molecular formula is C10H13BrN2O2S. The minimum Gasteiger partial charge on any atom is -0.313 e. The molecule has 0 radical (unpaired) electrons. The number of nitrogens with one attached hydrogen (secondary N) is 1. The number of nitrogens with zero attached hydrogens (tertiary/aromatic N) is 1. The fourth-order valence-corrected chi connectivity index (χ4v) is 3.78. The molecule has 4 nitrogen and oxygen atoms in total. The second kappa shape index (κ2) is 4.81. The summed E-state index contributed by atoms with van der Waals surface area (Å²) in [6.07, 6.45) is 1.97. The highest BCUT2D eigenvalue weighted by Gasteiger charge is 2.24. The third-order valence-corrected chi connectivity index (χ3v) is 4.74. The molecule has 1 aromatic heterocycles. The average Bonchev–Trinajstić information content (AvgIpc) is 2.70. The molecule has 1 atom stereocenters. The predicted octanol–water partition coefficient (Wildman–Crippen LogP) is 1.37. The first-order chi connectivity index (χ1) is 7.58. The van der Waals surface area contributed by atoms with Crippen molar-refractivity contribution in [1.82, 2.24) is 10.3 Å². The average molecular weight is 305 g/mol. The van der Waals surface area contributed by atoms with Crippen LogP contribution in [0.5, 0.6) is 0 Å². The molecule has 2 heterocycles. The number of rotatable bonds is 3. The summed E-state index contributed by atoms with van der Waals surface area (Å²) >= 11 is 3.18. The Balaban J connectivity index is 2.18. The largest absolute Gasteiger partial charge is 0.313 e. The normalized spacial score (nSPS) is 21.2. The van der Waals surface area contributed by atoms with Gasteiger partial charge >= 0.3 is 0 Å². The summed E-state index contributed by atoms with van der Waals surface area (Å²) in [6, 6.07) is 5.01. The number of pyridine rings is 1. The number of halogens is 1. The summed E-state index contributed by atoms with van der Waals surface area (Å²) in [7, 11) is -3.27. The maximum Gasteiger partial charge on any atom is 0.197 e. The Hall–Kier alpha value is -0.460. The van der Waals surface area contributed by atoms with Crippen LogP contribution in [0.2, 0.25) is 0 Å². The predicted molar refractivity (Wildman–Crippen MR) is 65.0 cm³/mol. The van der Waals surface area contributed by atoms with Crippen LogP contribution in [-0.2, 0) is 9.84 Å². The summed E-state index contributed by atoms with van der Waals surface area (Å²) in [6.45, 7) is 0.909. The first-order valence-electron chi connectivity index (χ1n) is 5.17. The van der Waals surface area contributed by atoms with Gasteiger partial charge in [-0.15, -0.1) is 0 Å². The number of hydrogen-bond donors (Lipinski definition) is 1. The molecular weight excluding hydrogens is 292 g/mol. The van der Waals surface area contributed by atoms with E-state index in [0.717, 1.165) is 19.4 Å². The molecule has 0 bridgehead atoms. The zero-order valence-electron chi connectivity index (χ0n) is 8.69. The third-order valence-electron chi connectivity index (χ3n) is 2.59. The molecule has 6 heteroatoms. The molecule has 0 aliphatic carbocycles. The topological polar surface area (TPSA) is 59.1 Å². The van der Waals surface area contributed by atoms with Gasteiger partial charge in [0.25, 0.3) is 0 Å². The Bertz CT molecular complexity index is 469. The van der Waals surface area contributed by atoms with Gasteiger partial charge in [-0.05, 0) is 47.4 Å². The number of hydrogen-bond acceptors (Lipinski definition) is 4. The van der Waals surface area contributed by atoms with Crippen molar-refractivity contribution >= 4 is 25.8 Å². The standard InChI is InChI=1S/C10H13BrN2O2S/c11-9-4-1-5-10(13-9)16(14,15)7-8-3-2-6-12-8/h1,4-5,8,12H,2-3,6-7H2/t8-/m0/s1. The SMILES string of the molecule is O=S(=O)(C[C@@H]1CCCN1)c1cccc(Br)n1. The maximum atomic E-state index is 12.0. The first kappa shape index (κ1) is 12.0. The van der Waals surface area contributed by atoms with Crippen LogP contribution in [-0.4, -0.2) is 31.7 Å². The summed E-state index contributed by atoms with van der Waals surface area (Å²) in [4.78, 5) is 3.99.